The van der Waals surface area contributed by atoms with Crippen molar-refractivity contribution in [1.82, 2.24) is 19.2 Å². The fourth-order valence-corrected chi connectivity index (χ4v) is 3.25. The molecule has 6 nitrogen and oxygen atoms in total. The van der Waals surface area contributed by atoms with Crippen molar-refractivity contribution in [3.8, 4) is 0 Å². The van der Waals surface area contributed by atoms with Gasteiger partial charge >= 0.3 is 0 Å². The molecule has 0 unspecified atom stereocenters. The van der Waals surface area contributed by atoms with Crippen molar-refractivity contribution in [3.63, 3.8) is 0 Å². The number of nitrogens with zero attached hydrogens (tertiary/aromatic N) is 4. The van der Waals surface area contributed by atoms with Crippen LogP contribution in [0.25, 0.3) is 10.9 Å². The molecule has 0 atom stereocenters. The predicted molar refractivity (Wildman–Crippen MR) is 106 cm³/mol. The van der Waals surface area contributed by atoms with Crippen LogP contribution in [-0.2, 0) is 13.1 Å². The first-order valence-electron chi connectivity index (χ1n) is 8.98. The van der Waals surface area contributed by atoms with Gasteiger partial charge in [-0.15, -0.1) is 0 Å². The summed E-state index contributed by atoms with van der Waals surface area (Å²) in [6.07, 6.45) is 3.55. The molecule has 2 aromatic heterocycles. The van der Waals surface area contributed by atoms with Crippen LogP contribution in [0, 0.1) is 13.8 Å². The fourth-order valence-electron chi connectivity index (χ4n) is 3.25. The Morgan fingerprint density at radius 2 is 2.04 bits per heavy atom. The topological polar surface area (TPSA) is 55.1 Å². The van der Waals surface area contributed by atoms with E-state index in [0.717, 1.165) is 25.0 Å². The van der Waals surface area contributed by atoms with Crippen LogP contribution in [0.15, 0.2) is 30.6 Å². The smallest absolute Gasteiger partial charge is 0.255 e. The lowest BCUT2D eigenvalue weighted by molar-refractivity contribution is 0.102. The first-order chi connectivity index (χ1) is 12.4. The van der Waals surface area contributed by atoms with Gasteiger partial charge in [-0.1, -0.05) is 0 Å². The highest BCUT2D eigenvalue weighted by Gasteiger charge is 2.13. The second-order valence-electron chi connectivity index (χ2n) is 6.94. The zero-order valence-electron chi connectivity index (χ0n) is 16.2. The molecule has 1 N–H and O–H groups in total. The van der Waals surface area contributed by atoms with E-state index in [4.69, 9.17) is 0 Å². The maximum absolute atomic E-state index is 12.6. The van der Waals surface area contributed by atoms with Crippen LogP contribution in [0.1, 0.15) is 28.5 Å². The number of fused-ring (bicyclic) bond motifs is 1. The minimum Gasteiger partial charge on any atom is -0.345 e. The standard InChI is InChI=1S/C20H27N5O/c1-6-25-15(3)14(2)18-11-16(7-8-19(18)25)20(26)22-17-12-21-24(13-17)10-9-23(4)5/h7-8,11-13H,6,9-10H2,1-5H3,(H,22,26). The van der Waals surface area contributed by atoms with Crippen LogP contribution in [0.2, 0.25) is 0 Å². The normalized spacial score (nSPS) is 11.5. The van der Waals surface area contributed by atoms with Gasteiger partial charge in [0, 0.05) is 41.4 Å². The minimum atomic E-state index is -0.111. The number of carbonyl (C=O) groups excluding carboxylic acids is 1. The summed E-state index contributed by atoms with van der Waals surface area (Å²) in [6, 6.07) is 5.91. The zero-order chi connectivity index (χ0) is 18.8. The number of hydrogen-bond donors (Lipinski definition) is 1. The van der Waals surface area contributed by atoms with Crippen molar-refractivity contribution < 1.29 is 4.79 Å². The Morgan fingerprint density at radius 3 is 2.73 bits per heavy atom. The van der Waals surface area contributed by atoms with Crippen molar-refractivity contribution in [2.45, 2.75) is 33.9 Å². The van der Waals surface area contributed by atoms with Gasteiger partial charge in [0.25, 0.3) is 5.91 Å². The van der Waals surface area contributed by atoms with Gasteiger partial charge in [-0.2, -0.15) is 5.10 Å². The second kappa shape index (κ2) is 7.33. The van der Waals surface area contributed by atoms with Crippen LogP contribution in [0.3, 0.4) is 0 Å². The van der Waals surface area contributed by atoms with E-state index in [2.05, 4.69) is 40.7 Å². The van der Waals surface area contributed by atoms with E-state index in [-0.39, 0.29) is 5.91 Å². The van der Waals surface area contributed by atoms with Crippen molar-refractivity contribution in [3.05, 3.63) is 47.4 Å². The third kappa shape index (κ3) is 3.51. The molecule has 138 valence electrons. The summed E-state index contributed by atoms with van der Waals surface area (Å²) in [5, 5.41) is 8.38. The van der Waals surface area contributed by atoms with Gasteiger partial charge < -0.3 is 14.8 Å². The van der Waals surface area contributed by atoms with Gasteiger partial charge in [-0.3, -0.25) is 9.48 Å². The van der Waals surface area contributed by atoms with Gasteiger partial charge in [-0.05, 0) is 58.6 Å². The lowest BCUT2D eigenvalue weighted by Gasteiger charge is -2.08. The average molecular weight is 353 g/mol. The molecule has 0 bridgehead atoms. The Morgan fingerprint density at radius 1 is 1.27 bits per heavy atom. The summed E-state index contributed by atoms with van der Waals surface area (Å²) < 4.78 is 4.12. The minimum absolute atomic E-state index is 0.111. The van der Waals surface area contributed by atoms with Crippen LogP contribution in [-0.4, -0.2) is 45.8 Å². The number of likely N-dealkylation sites (N-methyl/N-ethyl adjacent to an activating group) is 1. The van der Waals surface area contributed by atoms with E-state index >= 15 is 0 Å². The summed E-state index contributed by atoms with van der Waals surface area (Å²) in [6.45, 7) is 8.99. The first-order valence-corrected chi connectivity index (χ1v) is 8.98. The van der Waals surface area contributed by atoms with Gasteiger partial charge in [0.15, 0.2) is 0 Å². The lowest BCUT2D eigenvalue weighted by atomic mass is 10.1. The van der Waals surface area contributed by atoms with E-state index < -0.39 is 0 Å². The van der Waals surface area contributed by atoms with Gasteiger partial charge in [-0.25, -0.2) is 0 Å². The average Bonchev–Trinajstić information content (AvgIpc) is 3.16. The van der Waals surface area contributed by atoms with Crippen LogP contribution in [0.4, 0.5) is 5.69 Å². The Bertz CT molecular complexity index is 935. The second-order valence-corrected chi connectivity index (χ2v) is 6.94. The number of aromatic nitrogens is 3. The largest absolute Gasteiger partial charge is 0.345 e. The molecule has 2 heterocycles. The van der Waals surface area contributed by atoms with Crippen molar-refractivity contribution in [1.29, 1.82) is 0 Å². The highest BCUT2D eigenvalue weighted by Crippen LogP contribution is 2.26. The van der Waals surface area contributed by atoms with Crippen LogP contribution < -0.4 is 5.32 Å². The van der Waals surface area contributed by atoms with E-state index in [1.165, 1.54) is 16.8 Å². The SMILES string of the molecule is CCn1c(C)c(C)c2cc(C(=O)Nc3cnn(CCN(C)C)c3)ccc21. The highest BCUT2D eigenvalue weighted by molar-refractivity contribution is 6.06. The first kappa shape index (κ1) is 18.2. The number of rotatable bonds is 6. The molecular weight excluding hydrogens is 326 g/mol. The van der Waals surface area contributed by atoms with E-state index in [0.29, 0.717) is 11.3 Å². The number of amides is 1. The molecule has 0 fully saturated rings. The molecule has 0 saturated carbocycles. The molecule has 0 aliphatic carbocycles. The summed E-state index contributed by atoms with van der Waals surface area (Å²) >= 11 is 0. The van der Waals surface area contributed by atoms with Crippen LogP contribution in [0.5, 0.6) is 0 Å². The maximum Gasteiger partial charge on any atom is 0.255 e. The molecular formula is C20H27N5O. The molecule has 0 aliphatic heterocycles. The van der Waals surface area contributed by atoms with Crippen molar-refractivity contribution in [2.75, 3.05) is 26.0 Å². The van der Waals surface area contributed by atoms with Crippen LogP contribution >= 0.6 is 0 Å². The Hall–Kier alpha value is -2.60. The predicted octanol–water partition coefficient (Wildman–Crippen LogP) is 3.29. The van der Waals surface area contributed by atoms with E-state index in [1.54, 1.807) is 6.20 Å². The summed E-state index contributed by atoms with van der Waals surface area (Å²) in [5.74, 6) is -0.111. The molecule has 3 rings (SSSR count). The van der Waals surface area contributed by atoms with Crippen molar-refractivity contribution >= 4 is 22.5 Å². The summed E-state index contributed by atoms with van der Waals surface area (Å²) in [7, 11) is 4.05. The van der Waals surface area contributed by atoms with Gasteiger partial charge in [0.05, 0.1) is 18.4 Å². The highest BCUT2D eigenvalue weighted by atomic mass is 16.1. The fraction of sp³-hybridized carbons (Fsp3) is 0.400. The number of aryl methyl sites for hydroxylation is 2. The molecule has 1 aromatic carbocycles. The maximum atomic E-state index is 12.6. The summed E-state index contributed by atoms with van der Waals surface area (Å²) in [5.41, 5.74) is 5.04. The van der Waals surface area contributed by atoms with Gasteiger partial charge in [0.2, 0.25) is 0 Å². The van der Waals surface area contributed by atoms with E-state index in [9.17, 15) is 4.79 Å². The third-order valence-electron chi connectivity index (χ3n) is 4.88. The van der Waals surface area contributed by atoms with Gasteiger partial charge in [0.1, 0.15) is 0 Å². The number of anilines is 1. The summed E-state index contributed by atoms with van der Waals surface area (Å²) in [4.78, 5) is 14.7. The molecule has 1 amide bonds. The molecule has 26 heavy (non-hydrogen) atoms. The molecule has 0 saturated heterocycles. The number of carbonyl (C=O) groups is 1. The molecule has 0 spiro atoms. The molecule has 0 aliphatic rings. The third-order valence-corrected chi connectivity index (χ3v) is 4.88. The van der Waals surface area contributed by atoms with E-state index in [1.807, 2.05) is 43.2 Å². The number of nitrogens with one attached hydrogen (secondary N) is 1. The molecule has 3 aromatic rings. The van der Waals surface area contributed by atoms with Crippen molar-refractivity contribution in [2.24, 2.45) is 0 Å². The zero-order valence-corrected chi connectivity index (χ0v) is 16.2. The molecule has 6 heteroatoms. The quantitative estimate of drug-likeness (QED) is 0.740. The monoisotopic (exact) mass is 353 g/mol. The Kier molecular flexibility index (Phi) is 5.13. The number of benzene rings is 1. The molecule has 0 radical (unpaired) electrons. The number of hydrogen-bond acceptors (Lipinski definition) is 3. The Labute approximate surface area is 154 Å². The lowest BCUT2D eigenvalue weighted by Crippen LogP contribution is -2.18. The Balaban J connectivity index is 1.79.